The van der Waals surface area contributed by atoms with Crippen molar-refractivity contribution >= 4 is 11.4 Å². The van der Waals surface area contributed by atoms with Crippen LogP contribution in [0.1, 0.15) is 12.8 Å². The number of nitro benzene ring substituents is 1. The molecule has 2 rings (SSSR count). The first-order valence-corrected chi connectivity index (χ1v) is 5.84. The van der Waals surface area contributed by atoms with E-state index in [1.807, 2.05) is 0 Å². The van der Waals surface area contributed by atoms with Crippen LogP contribution < -0.4 is 10.1 Å². The molecule has 98 valence electrons. The molecule has 18 heavy (non-hydrogen) atoms. The van der Waals surface area contributed by atoms with Crippen LogP contribution in [-0.2, 0) is 0 Å². The molecule has 0 aliphatic heterocycles. The SMILES string of the molecule is COc1ccc([N+](=O)[O-])c(NCC2CC(O)C2)c1. The second kappa shape index (κ2) is 5.22. The average molecular weight is 252 g/mol. The van der Waals surface area contributed by atoms with Gasteiger partial charge in [-0.1, -0.05) is 0 Å². The van der Waals surface area contributed by atoms with Crippen molar-refractivity contribution in [2.24, 2.45) is 5.92 Å². The highest BCUT2D eigenvalue weighted by Gasteiger charge is 2.27. The molecule has 1 saturated carbocycles. The first-order valence-electron chi connectivity index (χ1n) is 5.84. The van der Waals surface area contributed by atoms with Crippen LogP contribution in [0.3, 0.4) is 0 Å². The third-order valence-electron chi connectivity index (χ3n) is 3.19. The summed E-state index contributed by atoms with van der Waals surface area (Å²) in [5.74, 6) is 0.961. The van der Waals surface area contributed by atoms with E-state index in [-0.39, 0.29) is 11.8 Å². The lowest BCUT2D eigenvalue weighted by Crippen LogP contribution is -2.33. The Hall–Kier alpha value is -1.82. The number of aliphatic hydroxyl groups is 1. The predicted octanol–water partition coefficient (Wildman–Crippen LogP) is 1.79. The van der Waals surface area contributed by atoms with Gasteiger partial charge in [-0.15, -0.1) is 0 Å². The summed E-state index contributed by atoms with van der Waals surface area (Å²) < 4.78 is 5.05. The number of benzene rings is 1. The Balaban J connectivity index is 2.06. The van der Waals surface area contributed by atoms with Gasteiger partial charge in [-0.25, -0.2) is 0 Å². The van der Waals surface area contributed by atoms with Crippen LogP contribution in [-0.4, -0.2) is 29.8 Å². The summed E-state index contributed by atoms with van der Waals surface area (Å²) in [5.41, 5.74) is 0.497. The molecule has 6 nitrogen and oxygen atoms in total. The zero-order valence-electron chi connectivity index (χ0n) is 10.1. The molecule has 0 saturated heterocycles. The van der Waals surface area contributed by atoms with E-state index in [0.29, 0.717) is 23.9 Å². The minimum atomic E-state index is -0.419. The van der Waals surface area contributed by atoms with Gasteiger partial charge >= 0.3 is 0 Å². The molecule has 0 bridgehead atoms. The second-order valence-corrected chi connectivity index (χ2v) is 4.51. The van der Waals surface area contributed by atoms with Gasteiger partial charge in [0, 0.05) is 18.7 Å². The van der Waals surface area contributed by atoms with E-state index in [2.05, 4.69) is 5.32 Å². The molecule has 0 heterocycles. The number of anilines is 1. The van der Waals surface area contributed by atoms with E-state index in [4.69, 9.17) is 4.74 Å². The van der Waals surface area contributed by atoms with E-state index in [0.717, 1.165) is 12.8 Å². The molecule has 2 N–H and O–H groups in total. The van der Waals surface area contributed by atoms with Gasteiger partial charge in [0.15, 0.2) is 0 Å². The van der Waals surface area contributed by atoms with Crippen LogP contribution in [0.4, 0.5) is 11.4 Å². The van der Waals surface area contributed by atoms with Crippen molar-refractivity contribution in [2.75, 3.05) is 19.0 Å². The van der Waals surface area contributed by atoms with Crippen molar-refractivity contribution in [1.29, 1.82) is 0 Å². The smallest absolute Gasteiger partial charge is 0.292 e. The maximum atomic E-state index is 10.9. The van der Waals surface area contributed by atoms with Gasteiger partial charge in [0.25, 0.3) is 5.69 Å². The third-order valence-corrected chi connectivity index (χ3v) is 3.19. The number of nitro groups is 1. The van der Waals surface area contributed by atoms with E-state index >= 15 is 0 Å². The Morgan fingerprint density at radius 3 is 2.83 bits per heavy atom. The largest absolute Gasteiger partial charge is 0.497 e. The lowest BCUT2D eigenvalue weighted by molar-refractivity contribution is -0.384. The monoisotopic (exact) mass is 252 g/mol. The van der Waals surface area contributed by atoms with Gasteiger partial charge in [-0.05, 0) is 24.8 Å². The number of methoxy groups -OCH3 is 1. The molecule has 0 unspecified atom stereocenters. The summed E-state index contributed by atoms with van der Waals surface area (Å²) in [4.78, 5) is 10.5. The van der Waals surface area contributed by atoms with Crippen LogP contribution >= 0.6 is 0 Å². The summed E-state index contributed by atoms with van der Waals surface area (Å²) in [6, 6.07) is 4.61. The number of hydrogen-bond acceptors (Lipinski definition) is 5. The van der Waals surface area contributed by atoms with Crippen LogP contribution in [0.15, 0.2) is 18.2 Å². The molecule has 1 fully saturated rings. The van der Waals surface area contributed by atoms with Crippen LogP contribution in [0, 0.1) is 16.0 Å². The summed E-state index contributed by atoms with van der Waals surface area (Å²) in [6.45, 7) is 0.630. The van der Waals surface area contributed by atoms with E-state index < -0.39 is 4.92 Å². The highest BCUT2D eigenvalue weighted by molar-refractivity contribution is 5.64. The van der Waals surface area contributed by atoms with Crippen molar-refractivity contribution in [3.63, 3.8) is 0 Å². The molecule has 1 aromatic rings. The van der Waals surface area contributed by atoms with Crippen molar-refractivity contribution in [2.45, 2.75) is 18.9 Å². The van der Waals surface area contributed by atoms with Crippen LogP contribution in [0.5, 0.6) is 5.75 Å². The topological polar surface area (TPSA) is 84.6 Å². The molecule has 1 aromatic carbocycles. The Bertz CT molecular complexity index is 444. The van der Waals surface area contributed by atoms with E-state index in [1.165, 1.54) is 13.2 Å². The predicted molar refractivity (Wildman–Crippen MR) is 66.9 cm³/mol. The van der Waals surface area contributed by atoms with Crippen LogP contribution in [0.2, 0.25) is 0 Å². The van der Waals surface area contributed by atoms with Gasteiger partial charge in [0.05, 0.1) is 18.1 Å². The first kappa shape index (κ1) is 12.6. The number of ether oxygens (including phenoxy) is 1. The van der Waals surface area contributed by atoms with Gasteiger partial charge in [-0.2, -0.15) is 0 Å². The first-order chi connectivity index (χ1) is 8.60. The highest BCUT2D eigenvalue weighted by atomic mass is 16.6. The number of rotatable bonds is 5. The zero-order valence-corrected chi connectivity index (χ0v) is 10.1. The Kier molecular flexibility index (Phi) is 3.66. The minimum absolute atomic E-state index is 0.0377. The van der Waals surface area contributed by atoms with E-state index in [1.54, 1.807) is 12.1 Å². The normalized spacial score (nSPS) is 22.1. The standard InChI is InChI=1S/C12H16N2O4/c1-18-10-2-3-12(14(16)17)11(6-10)13-7-8-4-9(15)5-8/h2-3,6,8-9,13,15H,4-5,7H2,1H3. The quantitative estimate of drug-likeness (QED) is 0.616. The Labute approximate surface area is 105 Å². The molecule has 1 aliphatic rings. The molecular weight excluding hydrogens is 236 g/mol. The number of hydrogen-bond donors (Lipinski definition) is 2. The third kappa shape index (κ3) is 2.70. The van der Waals surface area contributed by atoms with Gasteiger partial charge in [-0.3, -0.25) is 10.1 Å². The molecule has 0 radical (unpaired) electrons. The molecule has 6 heteroatoms. The minimum Gasteiger partial charge on any atom is -0.497 e. The van der Waals surface area contributed by atoms with Gasteiger partial charge in [0.2, 0.25) is 0 Å². The van der Waals surface area contributed by atoms with E-state index in [9.17, 15) is 15.2 Å². The maximum absolute atomic E-state index is 10.9. The fraction of sp³-hybridized carbons (Fsp3) is 0.500. The maximum Gasteiger partial charge on any atom is 0.292 e. The summed E-state index contributed by atoms with van der Waals surface area (Å²) in [7, 11) is 1.52. The summed E-state index contributed by atoms with van der Waals surface area (Å²) in [5, 5.41) is 23.1. The molecular formula is C12H16N2O4. The summed E-state index contributed by atoms with van der Waals surface area (Å²) >= 11 is 0. The molecule has 0 aromatic heterocycles. The Morgan fingerprint density at radius 1 is 1.56 bits per heavy atom. The molecule has 0 atom stereocenters. The van der Waals surface area contributed by atoms with Crippen LogP contribution in [0.25, 0.3) is 0 Å². The Morgan fingerprint density at radius 2 is 2.28 bits per heavy atom. The van der Waals surface area contributed by atoms with Crippen molar-refractivity contribution in [3.8, 4) is 5.75 Å². The molecule has 0 spiro atoms. The fourth-order valence-electron chi connectivity index (χ4n) is 2.06. The molecule has 1 aliphatic carbocycles. The number of nitrogens with zero attached hydrogens (tertiary/aromatic N) is 1. The lowest BCUT2D eigenvalue weighted by atomic mass is 9.82. The lowest BCUT2D eigenvalue weighted by Gasteiger charge is -2.31. The average Bonchev–Trinajstić information content (AvgIpc) is 2.32. The number of aliphatic hydroxyl groups excluding tert-OH is 1. The van der Waals surface area contributed by atoms with Gasteiger partial charge < -0.3 is 15.2 Å². The second-order valence-electron chi connectivity index (χ2n) is 4.51. The summed E-state index contributed by atoms with van der Waals surface area (Å²) in [6.07, 6.45) is 1.30. The number of nitrogens with one attached hydrogen (secondary N) is 1. The zero-order chi connectivity index (χ0) is 13.1. The fourth-order valence-corrected chi connectivity index (χ4v) is 2.06. The van der Waals surface area contributed by atoms with Crippen molar-refractivity contribution in [1.82, 2.24) is 0 Å². The highest BCUT2D eigenvalue weighted by Crippen LogP contribution is 2.31. The van der Waals surface area contributed by atoms with Crippen molar-refractivity contribution in [3.05, 3.63) is 28.3 Å². The van der Waals surface area contributed by atoms with Gasteiger partial charge in [0.1, 0.15) is 11.4 Å². The molecule has 0 amide bonds. The van der Waals surface area contributed by atoms with Crippen molar-refractivity contribution < 1.29 is 14.8 Å².